The van der Waals surface area contributed by atoms with Crippen LogP contribution in [0.25, 0.3) is 10.8 Å². The molecule has 0 spiro atoms. The summed E-state index contributed by atoms with van der Waals surface area (Å²) in [4.78, 5) is 23.8. The molecular weight excluding hydrogens is 416 g/mol. The van der Waals surface area contributed by atoms with Gasteiger partial charge in [0.25, 0.3) is 0 Å². The number of nitrogens with one attached hydrogen (secondary N) is 1. The highest BCUT2D eigenvalue weighted by Crippen LogP contribution is 2.29. The summed E-state index contributed by atoms with van der Waals surface area (Å²) in [6.45, 7) is -0.402. The summed E-state index contributed by atoms with van der Waals surface area (Å²) in [6.07, 6.45) is 0.818. The van der Waals surface area contributed by atoms with Crippen molar-refractivity contribution >= 4 is 34.0 Å². The number of nitrogens with zero attached hydrogens (tertiary/aromatic N) is 1. The number of ether oxygens (including phenoxy) is 1. The SMILES string of the molecule is O=C(O)COc1cccc2c(CCC(=O)NN(c3ccccc3)c3ccccc3)cccc12. The summed E-state index contributed by atoms with van der Waals surface area (Å²) in [7, 11) is 0. The molecule has 1 amide bonds. The summed E-state index contributed by atoms with van der Waals surface area (Å²) in [6, 6.07) is 30.6. The monoisotopic (exact) mass is 440 g/mol. The van der Waals surface area contributed by atoms with Crippen molar-refractivity contribution in [2.24, 2.45) is 0 Å². The number of rotatable bonds is 9. The molecule has 0 heterocycles. The van der Waals surface area contributed by atoms with Crippen molar-refractivity contribution in [3.8, 4) is 5.75 Å². The van der Waals surface area contributed by atoms with E-state index in [4.69, 9.17) is 9.84 Å². The molecule has 4 aromatic rings. The van der Waals surface area contributed by atoms with E-state index in [0.29, 0.717) is 12.2 Å². The van der Waals surface area contributed by atoms with Gasteiger partial charge in [0.1, 0.15) is 5.75 Å². The van der Waals surface area contributed by atoms with E-state index in [9.17, 15) is 9.59 Å². The van der Waals surface area contributed by atoms with Crippen molar-refractivity contribution in [2.45, 2.75) is 12.8 Å². The van der Waals surface area contributed by atoms with Gasteiger partial charge in [-0.05, 0) is 47.7 Å². The van der Waals surface area contributed by atoms with Gasteiger partial charge in [0.15, 0.2) is 6.61 Å². The number of carbonyl (C=O) groups is 2. The molecule has 166 valence electrons. The molecule has 0 atom stereocenters. The van der Waals surface area contributed by atoms with Crippen molar-refractivity contribution in [3.05, 3.63) is 103 Å². The molecule has 0 aliphatic rings. The Hall–Kier alpha value is -4.32. The van der Waals surface area contributed by atoms with Gasteiger partial charge in [-0.25, -0.2) is 4.79 Å². The molecule has 6 nitrogen and oxygen atoms in total. The number of carbonyl (C=O) groups excluding carboxylic acids is 1. The molecule has 4 rings (SSSR count). The quantitative estimate of drug-likeness (QED) is 0.354. The third kappa shape index (κ3) is 5.49. The first-order valence-electron chi connectivity index (χ1n) is 10.7. The van der Waals surface area contributed by atoms with Gasteiger partial charge in [-0.3, -0.25) is 15.2 Å². The molecule has 0 saturated carbocycles. The molecule has 0 aliphatic carbocycles. The molecule has 2 N–H and O–H groups in total. The summed E-state index contributed by atoms with van der Waals surface area (Å²) in [5, 5.41) is 12.5. The number of para-hydroxylation sites is 2. The highest BCUT2D eigenvalue weighted by atomic mass is 16.5. The van der Waals surface area contributed by atoms with E-state index in [0.717, 1.165) is 27.7 Å². The van der Waals surface area contributed by atoms with Crippen LogP contribution < -0.4 is 15.2 Å². The van der Waals surface area contributed by atoms with Crippen molar-refractivity contribution in [1.82, 2.24) is 5.43 Å². The zero-order valence-electron chi connectivity index (χ0n) is 18.0. The van der Waals surface area contributed by atoms with Crippen LogP contribution in [0, 0.1) is 0 Å². The molecule has 6 heteroatoms. The molecule has 0 aromatic heterocycles. The lowest BCUT2D eigenvalue weighted by molar-refractivity contribution is -0.139. The Morgan fingerprint density at radius 1 is 0.758 bits per heavy atom. The number of fused-ring (bicyclic) bond motifs is 1. The number of benzene rings is 4. The topological polar surface area (TPSA) is 78.9 Å². The molecule has 0 radical (unpaired) electrons. The number of hydrogen-bond acceptors (Lipinski definition) is 4. The smallest absolute Gasteiger partial charge is 0.341 e. The fourth-order valence-electron chi connectivity index (χ4n) is 3.69. The van der Waals surface area contributed by atoms with E-state index < -0.39 is 12.6 Å². The summed E-state index contributed by atoms with van der Waals surface area (Å²) < 4.78 is 5.43. The minimum atomic E-state index is -1.03. The molecule has 0 fully saturated rings. The van der Waals surface area contributed by atoms with Crippen LogP contribution in [0.3, 0.4) is 0 Å². The van der Waals surface area contributed by atoms with Crippen LogP contribution in [0.2, 0.25) is 0 Å². The van der Waals surface area contributed by atoms with E-state index in [-0.39, 0.29) is 12.3 Å². The van der Waals surface area contributed by atoms with Crippen molar-refractivity contribution in [3.63, 3.8) is 0 Å². The number of carboxylic acid groups (broad SMARTS) is 1. The largest absolute Gasteiger partial charge is 0.481 e. The predicted octanol–water partition coefficient (Wildman–Crippen LogP) is 5.11. The third-order valence-electron chi connectivity index (χ3n) is 5.21. The minimum absolute atomic E-state index is 0.113. The fraction of sp³-hybridized carbons (Fsp3) is 0.111. The fourth-order valence-corrected chi connectivity index (χ4v) is 3.69. The molecule has 0 saturated heterocycles. The molecular formula is C27H24N2O4. The lowest BCUT2D eigenvalue weighted by Gasteiger charge is -2.25. The van der Waals surface area contributed by atoms with Crippen molar-refractivity contribution < 1.29 is 19.4 Å². The van der Waals surface area contributed by atoms with Gasteiger partial charge >= 0.3 is 5.97 Å². The van der Waals surface area contributed by atoms with Gasteiger partial charge in [-0.15, -0.1) is 0 Å². The average Bonchev–Trinajstić information content (AvgIpc) is 2.85. The lowest BCUT2D eigenvalue weighted by Crippen LogP contribution is -2.39. The summed E-state index contributed by atoms with van der Waals surface area (Å²) in [5.41, 5.74) is 5.74. The van der Waals surface area contributed by atoms with Gasteiger partial charge in [0.05, 0.1) is 11.4 Å². The second-order valence-electron chi connectivity index (χ2n) is 7.49. The molecule has 0 bridgehead atoms. The summed E-state index contributed by atoms with van der Waals surface area (Å²) in [5.74, 6) is -0.625. The van der Waals surface area contributed by atoms with Crippen LogP contribution in [0.1, 0.15) is 12.0 Å². The molecule has 33 heavy (non-hydrogen) atoms. The van der Waals surface area contributed by atoms with Crippen molar-refractivity contribution in [1.29, 1.82) is 0 Å². The number of carboxylic acids is 1. The normalized spacial score (nSPS) is 10.5. The maximum absolute atomic E-state index is 12.9. The Labute approximate surface area is 192 Å². The van der Waals surface area contributed by atoms with Crippen LogP contribution in [-0.2, 0) is 16.0 Å². The maximum atomic E-state index is 12.9. The third-order valence-corrected chi connectivity index (χ3v) is 5.21. The van der Waals surface area contributed by atoms with E-state index in [1.807, 2.05) is 91.0 Å². The predicted molar refractivity (Wildman–Crippen MR) is 129 cm³/mol. The lowest BCUT2D eigenvalue weighted by atomic mass is 10.00. The maximum Gasteiger partial charge on any atom is 0.341 e. The van der Waals surface area contributed by atoms with E-state index in [1.54, 1.807) is 11.1 Å². The zero-order chi connectivity index (χ0) is 23.0. The first-order chi connectivity index (χ1) is 16.1. The Morgan fingerprint density at radius 2 is 1.36 bits per heavy atom. The van der Waals surface area contributed by atoms with Crippen LogP contribution in [0.15, 0.2) is 97.1 Å². The number of aryl methyl sites for hydroxylation is 1. The molecule has 0 aliphatic heterocycles. The molecule has 4 aromatic carbocycles. The van der Waals surface area contributed by atoms with E-state index in [1.165, 1.54) is 0 Å². The highest BCUT2D eigenvalue weighted by Gasteiger charge is 2.14. The minimum Gasteiger partial charge on any atom is -0.481 e. The van der Waals surface area contributed by atoms with Gasteiger partial charge in [-0.1, -0.05) is 66.7 Å². The number of hydrogen-bond donors (Lipinski definition) is 2. The number of amides is 1. The van der Waals surface area contributed by atoms with E-state index >= 15 is 0 Å². The first kappa shape index (κ1) is 21.9. The number of aliphatic carboxylic acids is 1. The Balaban J connectivity index is 1.50. The molecule has 0 unspecified atom stereocenters. The Bertz CT molecular complexity index is 1200. The Kier molecular flexibility index (Phi) is 6.85. The standard InChI is InChI=1S/C27H24N2O4/c30-26(28-29(21-10-3-1-4-11-21)22-12-5-2-6-13-22)18-17-20-9-7-15-24-23(20)14-8-16-25(24)33-19-27(31)32/h1-16H,17-19H2,(H,28,30)(H,31,32). The van der Waals surface area contributed by atoms with Gasteiger partial charge in [-0.2, -0.15) is 0 Å². The average molecular weight is 440 g/mol. The van der Waals surface area contributed by atoms with Crippen LogP contribution in [-0.4, -0.2) is 23.6 Å². The summed E-state index contributed by atoms with van der Waals surface area (Å²) >= 11 is 0. The number of anilines is 2. The van der Waals surface area contributed by atoms with E-state index in [2.05, 4.69) is 5.43 Å². The second kappa shape index (κ2) is 10.3. The Morgan fingerprint density at radius 3 is 2.00 bits per heavy atom. The second-order valence-corrected chi connectivity index (χ2v) is 7.49. The zero-order valence-corrected chi connectivity index (χ0v) is 18.0. The highest BCUT2D eigenvalue weighted by molar-refractivity contribution is 5.91. The van der Waals surface area contributed by atoms with Crippen LogP contribution >= 0.6 is 0 Å². The van der Waals surface area contributed by atoms with Crippen molar-refractivity contribution in [2.75, 3.05) is 11.6 Å². The van der Waals surface area contributed by atoms with Gasteiger partial charge < -0.3 is 9.84 Å². The van der Waals surface area contributed by atoms with Gasteiger partial charge in [0.2, 0.25) is 5.91 Å². The van der Waals surface area contributed by atoms with Crippen LogP contribution in [0.5, 0.6) is 5.75 Å². The first-order valence-corrected chi connectivity index (χ1v) is 10.7. The van der Waals surface area contributed by atoms with Gasteiger partial charge in [0, 0.05) is 11.8 Å². The van der Waals surface area contributed by atoms with Crippen LogP contribution in [0.4, 0.5) is 11.4 Å². The number of hydrazine groups is 1.